The minimum atomic E-state index is 0. The third kappa shape index (κ3) is 14.2. The van der Waals surface area contributed by atoms with Crippen molar-refractivity contribution in [3.05, 3.63) is 0 Å². The van der Waals surface area contributed by atoms with Crippen LogP contribution in [0.5, 0.6) is 0 Å². The maximum Gasteiger partial charge on any atom is 0 e. The van der Waals surface area contributed by atoms with E-state index in [1.807, 2.05) is 0 Å². The van der Waals surface area contributed by atoms with Gasteiger partial charge in [-0.25, -0.2) is 0 Å². The van der Waals surface area contributed by atoms with Crippen LogP contribution >= 0.6 is 0 Å². The van der Waals surface area contributed by atoms with E-state index in [4.69, 9.17) is 0 Å². The van der Waals surface area contributed by atoms with Gasteiger partial charge < -0.3 is 0 Å². The SMILES string of the molecule is CCCCCCCCCCC.[K]. The second kappa shape index (κ2) is 15.1. The summed E-state index contributed by atoms with van der Waals surface area (Å²) in [4.78, 5) is 0. The molecule has 0 aliphatic rings. The van der Waals surface area contributed by atoms with Crippen molar-refractivity contribution in [2.45, 2.75) is 71.6 Å². The molecule has 0 aliphatic carbocycles. The molecule has 0 aliphatic heterocycles. The third-order valence-corrected chi connectivity index (χ3v) is 2.21. The van der Waals surface area contributed by atoms with E-state index in [-0.39, 0.29) is 51.4 Å². The molecule has 12 heavy (non-hydrogen) atoms. The Morgan fingerprint density at radius 2 is 0.750 bits per heavy atom. The van der Waals surface area contributed by atoms with Crippen LogP contribution in [-0.4, -0.2) is 51.4 Å². The summed E-state index contributed by atoms with van der Waals surface area (Å²) >= 11 is 0. The molecule has 0 fully saturated rings. The molecule has 0 aromatic heterocycles. The van der Waals surface area contributed by atoms with Crippen LogP contribution in [0.4, 0.5) is 0 Å². The Morgan fingerprint density at radius 1 is 0.500 bits per heavy atom. The van der Waals surface area contributed by atoms with Crippen molar-refractivity contribution in [3.8, 4) is 0 Å². The number of rotatable bonds is 8. The van der Waals surface area contributed by atoms with Crippen molar-refractivity contribution in [1.29, 1.82) is 0 Å². The predicted octanol–water partition coefficient (Wildman–Crippen LogP) is 4.16. The van der Waals surface area contributed by atoms with E-state index in [0.29, 0.717) is 0 Å². The molecular formula is C11H24K. The monoisotopic (exact) mass is 195 g/mol. The second-order valence-electron chi connectivity index (χ2n) is 3.47. The van der Waals surface area contributed by atoms with Gasteiger partial charge in [-0.15, -0.1) is 0 Å². The first-order chi connectivity index (χ1) is 5.41. The van der Waals surface area contributed by atoms with Gasteiger partial charge in [0.1, 0.15) is 0 Å². The van der Waals surface area contributed by atoms with E-state index >= 15 is 0 Å². The van der Waals surface area contributed by atoms with Gasteiger partial charge >= 0.3 is 0 Å². The third-order valence-electron chi connectivity index (χ3n) is 2.21. The molecule has 1 heteroatoms. The Bertz CT molecular complexity index is 54.0. The molecule has 0 unspecified atom stereocenters. The van der Waals surface area contributed by atoms with Crippen LogP contribution in [0.25, 0.3) is 0 Å². The molecule has 0 rings (SSSR count). The first kappa shape index (κ1) is 16.1. The van der Waals surface area contributed by atoms with Crippen molar-refractivity contribution < 1.29 is 0 Å². The fraction of sp³-hybridized carbons (Fsp3) is 1.00. The minimum absolute atomic E-state index is 0. The van der Waals surface area contributed by atoms with Crippen molar-refractivity contribution in [2.75, 3.05) is 0 Å². The summed E-state index contributed by atoms with van der Waals surface area (Å²) in [5.74, 6) is 0. The summed E-state index contributed by atoms with van der Waals surface area (Å²) < 4.78 is 0. The van der Waals surface area contributed by atoms with E-state index < -0.39 is 0 Å². The molecule has 0 bridgehead atoms. The Balaban J connectivity index is 0. The zero-order valence-electron chi connectivity index (χ0n) is 9.36. The summed E-state index contributed by atoms with van der Waals surface area (Å²) in [7, 11) is 0. The minimum Gasteiger partial charge on any atom is -0.0654 e. The average molecular weight is 195 g/mol. The normalized spacial score (nSPS) is 9.50. The molecule has 0 aromatic carbocycles. The van der Waals surface area contributed by atoms with Gasteiger partial charge in [0.2, 0.25) is 0 Å². The average Bonchev–Trinajstić information content (AvgIpc) is 2.03. The van der Waals surface area contributed by atoms with Crippen LogP contribution in [0, 0.1) is 0 Å². The molecule has 0 N–H and O–H groups in total. The molecule has 0 heterocycles. The first-order valence-corrected chi connectivity index (χ1v) is 5.41. The number of hydrogen-bond donors (Lipinski definition) is 0. The summed E-state index contributed by atoms with van der Waals surface area (Å²) in [5.41, 5.74) is 0. The van der Waals surface area contributed by atoms with Crippen LogP contribution in [0.2, 0.25) is 0 Å². The first-order valence-electron chi connectivity index (χ1n) is 5.41. The van der Waals surface area contributed by atoms with Crippen LogP contribution in [0.1, 0.15) is 71.6 Å². The van der Waals surface area contributed by atoms with Crippen molar-refractivity contribution in [2.24, 2.45) is 0 Å². The Kier molecular flexibility index (Phi) is 20.3. The maximum absolute atomic E-state index is 2.27. The van der Waals surface area contributed by atoms with Gasteiger partial charge in [-0.05, 0) is 0 Å². The van der Waals surface area contributed by atoms with E-state index in [2.05, 4.69) is 13.8 Å². The van der Waals surface area contributed by atoms with Crippen molar-refractivity contribution in [1.82, 2.24) is 0 Å². The quantitative estimate of drug-likeness (QED) is 0.403. The molecule has 0 spiro atoms. The molecule has 69 valence electrons. The maximum atomic E-state index is 2.27. The molecular weight excluding hydrogens is 171 g/mol. The molecule has 0 aromatic rings. The van der Waals surface area contributed by atoms with E-state index in [1.165, 1.54) is 57.8 Å². The van der Waals surface area contributed by atoms with Crippen LogP contribution in [0.3, 0.4) is 0 Å². The largest absolute Gasteiger partial charge is 0.0654 e. The Labute approximate surface area is 121 Å². The zero-order valence-corrected chi connectivity index (χ0v) is 12.5. The van der Waals surface area contributed by atoms with Gasteiger partial charge in [-0.2, -0.15) is 0 Å². The molecule has 0 saturated carbocycles. The van der Waals surface area contributed by atoms with Gasteiger partial charge in [-0.1, -0.05) is 71.6 Å². The summed E-state index contributed by atoms with van der Waals surface area (Å²) in [5, 5.41) is 0. The number of hydrogen-bond acceptors (Lipinski definition) is 0. The molecule has 0 nitrogen and oxygen atoms in total. The summed E-state index contributed by atoms with van der Waals surface area (Å²) in [6.45, 7) is 4.55. The number of unbranched alkanes of at least 4 members (excludes halogenated alkanes) is 8. The van der Waals surface area contributed by atoms with E-state index in [1.54, 1.807) is 0 Å². The zero-order chi connectivity index (χ0) is 8.36. The molecule has 1 radical (unpaired) electrons. The summed E-state index contributed by atoms with van der Waals surface area (Å²) in [6.07, 6.45) is 13.0. The van der Waals surface area contributed by atoms with Crippen molar-refractivity contribution >= 4 is 51.4 Å². The van der Waals surface area contributed by atoms with Crippen molar-refractivity contribution in [3.63, 3.8) is 0 Å². The van der Waals surface area contributed by atoms with Gasteiger partial charge in [-0.3, -0.25) is 0 Å². The summed E-state index contributed by atoms with van der Waals surface area (Å²) in [6, 6.07) is 0. The fourth-order valence-corrected chi connectivity index (χ4v) is 1.38. The standard InChI is InChI=1S/C11H24.K/c1-3-5-7-9-11-10-8-6-4-2;/h3-11H2,1-2H3;. The smallest absolute Gasteiger partial charge is 0 e. The van der Waals surface area contributed by atoms with Crippen LogP contribution in [0.15, 0.2) is 0 Å². The van der Waals surface area contributed by atoms with Gasteiger partial charge in [0.15, 0.2) is 0 Å². The molecule has 0 saturated heterocycles. The molecule has 0 amide bonds. The Morgan fingerprint density at radius 3 is 1.00 bits per heavy atom. The predicted molar refractivity (Wildman–Crippen MR) is 58.7 cm³/mol. The van der Waals surface area contributed by atoms with Gasteiger partial charge in [0, 0.05) is 51.4 Å². The Hall–Kier alpha value is 1.64. The molecule has 0 atom stereocenters. The topological polar surface area (TPSA) is 0 Å². The van der Waals surface area contributed by atoms with E-state index in [9.17, 15) is 0 Å². The second-order valence-corrected chi connectivity index (χ2v) is 3.47. The van der Waals surface area contributed by atoms with Gasteiger partial charge in [0.05, 0.1) is 0 Å². The van der Waals surface area contributed by atoms with Gasteiger partial charge in [0.25, 0.3) is 0 Å². The fourth-order valence-electron chi connectivity index (χ4n) is 1.38. The van der Waals surface area contributed by atoms with Crippen LogP contribution < -0.4 is 0 Å². The van der Waals surface area contributed by atoms with E-state index in [0.717, 1.165) is 0 Å². The van der Waals surface area contributed by atoms with Crippen LogP contribution in [-0.2, 0) is 0 Å².